The number of terminal acetylenes is 1. The number of benzene rings is 1. The van der Waals surface area contributed by atoms with Crippen molar-refractivity contribution in [2.75, 3.05) is 5.32 Å². The monoisotopic (exact) mass is 241 g/mol. The summed E-state index contributed by atoms with van der Waals surface area (Å²) in [5.41, 5.74) is 0.410. The van der Waals surface area contributed by atoms with Gasteiger partial charge in [-0.25, -0.2) is 4.39 Å². The molecule has 0 aliphatic rings. The lowest BCUT2D eigenvalue weighted by Gasteiger charge is -2.11. The number of para-hydroxylation sites is 1. The quantitative estimate of drug-likeness (QED) is 0.786. The van der Waals surface area contributed by atoms with Crippen LogP contribution in [0, 0.1) is 18.2 Å². The summed E-state index contributed by atoms with van der Waals surface area (Å²) >= 11 is 3.23. The summed E-state index contributed by atoms with van der Waals surface area (Å²) in [6, 6.07) is 4.59. The Hall–Kier alpha value is -1.01. The molecule has 0 heterocycles. The third-order valence-electron chi connectivity index (χ3n) is 1.57. The molecule has 1 rings (SSSR count). The first-order valence-electron chi connectivity index (χ1n) is 3.82. The highest BCUT2D eigenvalue weighted by molar-refractivity contribution is 9.10. The van der Waals surface area contributed by atoms with E-state index in [-0.39, 0.29) is 11.9 Å². The Labute approximate surface area is 85.5 Å². The summed E-state index contributed by atoms with van der Waals surface area (Å²) < 4.78 is 13.9. The highest BCUT2D eigenvalue weighted by Gasteiger charge is 2.07. The van der Waals surface area contributed by atoms with Gasteiger partial charge >= 0.3 is 0 Å². The smallest absolute Gasteiger partial charge is 0.147 e. The molecule has 0 spiro atoms. The molecule has 0 aromatic heterocycles. The molecule has 13 heavy (non-hydrogen) atoms. The van der Waals surface area contributed by atoms with Crippen LogP contribution in [0.25, 0.3) is 0 Å². The molecule has 0 radical (unpaired) electrons. The van der Waals surface area contributed by atoms with Crippen molar-refractivity contribution in [3.8, 4) is 12.3 Å². The van der Waals surface area contributed by atoms with E-state index in [1.165, 1.54) is 6.07 Å². The molecule has 3 heteroatoms. The van der Waals surface area contributed by atoms with E-state index in [9.17, 15) is 4.39 Å². The Morgan fingerprint density at radius 3 is 2.85 bits per heavy atom. The van der Waals surface area contributed by atoms with Gasteiger partial charge in [0.2, 0.25) is 0 Å². The van der Waals surface area contributed by atoms with Crippen LogP contribution in [0.1, 0.15) is 6.92 Å². The van der Waals surface area contributed by atoms with Crippen molar-refractivity contribution in [2.24, 2.45) is 0 Å². The number of hydrogen-bond donors (Lipinski definition) is 1. The molecule has 0 saturated carbocycles. The van der Waals surface area contributed by atoms with Gasteiger partial charge in [-0.05, 0) is 35.0 Å². The number of hydrogen-bond acceptors (Lipinski definition) is 1. The van der Waals surface area contributed by atoms with Crippen LogP contribution in [0.5, 0.6) is 0 Å². The van der Waals surface area contributed by atoms with Gasteiger partial charge in [0.05, 0.1) is 11.7 Å². The lowest BCUT2D eigenvalue weighted by molar-refractivity contribution is 0.628. The Kier molecular flexibility index (Phi) is 3.32. The Balaban J connectivity index is 2.95. The maximum absolute atomic E-state index is 13.2. The van der Waals surface area contributed by atoms with Gasteiger partial charge in [-0.3, -0.25) is 0 Å². The first-order valence-corrected chi connectivity index (χ1v) is 4.61. The molecule has 1 nitrogen and oxygen atoms in total. The van der Waals surface area contributed by atoms with Crippen molar-refractivity contribution in [2.45, 2.75) is 13.0 Å². The molecule has 0 amide bonds. The summed E-state index contributed by atoms with van der Waals surface area (Å²) in [4.78, 5) is 0. The first kappa shape index (κ1) is 10.1. The molecule has 0 bridgehead atoms. The Morgan fingerprint density at radius 1 is 1.62 bits per heavy atom. The van der Waals surface area contributed by atoms with Gasteiger partial charge in [0.1, 0.15) is 5.82 Å². The van der Waals surface area contributed by atoms with Crippen molar-refractivity contribution in [3.05, 3.63) is 28.5 Å². The zero-order chi connectivity index (χ0) is 9.84. The molecule has 1 N–H and O–H groups in total. The molecule has 1 atom stereocenters. The minimum absolute atomic E-state index is 0.187. The number of nitrogens with one attached hydrogen (secondary N) is 1. The van der Waals surface area contributed by atoms with Crippen LogP contribution in [0.15, 0.2) is 22.7 Å². The second-order valence-electron chi connectivity index (χ2n) is 2.63. The van der Waals surface area contributed by atoms with Crippen LogP contribution in [0.4, 0.5) is 10.1 Å². The molecule has 1 aromatic carbocycles. The zero-order valence-corrected chi connectivity index (χ0v) is 8.73. The topological polar surface area (TPSA) is 12.0 Å². The lowest BCUT2D eigenvalue weighted by Crippen LogP contribution is -2.13. The highest BCUT2D eigenvalue weighted by atomic mass is 79.9. The normalized spacial score (nSPS) is 11.8. The largest absolute Gasteiger partial charge is 0.369 e. The fourth-order valence-corrected chi connectivity index (χ4v) is 1.35. The maximum Gasteiger partial charge on any atom is 0.147 e. The van der Waals surface area contributed by atoms with Crippen LogP contribution >= 0.6 is 15.9 Å². The van der Waals surface area contributed by atoms with Gasteiger partial charge < -0.3 is 5.32 Å². The highest BCUT2D eigenvalue weighted by Crippen LogP contribution is 2.25. The van der Waals surface area contributed by atoms with Gasteiger partial charge in [0.25, 0.3) is 0 Å². The van der Waals surface area contributed by atoms with Crippen LogP contribution < -0.4 is 5.32 Å². The van der Waals surface area contributed by atoms with E-state index >= 15 is 0 Å². The summed E-state index contributed by atoms with van der Waals surface area (Å²) in [5, 5.41) is 2.87. The van der Waals surface area contributed by atoms with Gasteiger partial charge in [0, 0.05) is 4.47 Å². The van der Waals surface area contributed by atoms with E-state index in [4.69, 9.17) is 6.42 Å². The average molecular weight is 242 g/mol. The summed E-state index contributed by atoms with van der Waals surface area (Å²) in [7, 11) is 0. The molecule has 68 valence electrons. The third-order valence-corrected chi connectivity index (χ3v) is 2.23. The molecule has 1 unspecified atom stereocenters. The number of anilines is 1. The van der Waals surface area contributed by atoms with Crippen LogP contribution in [0.2, 0.25) is 0 Å². The molecule has 1 aromatic rings. The van der Waals surface area contributed by atoms with Gasteiger partial charge in [-0.1, -0.05) is 12.0 Å². The van der Waals surface area contributed by atoms with Crippen molar-refractivity contribution in [1.29, 1.82) is 0 Å². The van der Waals surface area contributed by atoms with Crippen LogP contribution in [-0.4, -0.2) is 6.04 Å². The van der Waals surface area contributed by atoms with Crippen molar-refractivity contribution in [3.63, 3.8) is 0 Å². The zero-order valence-electron chi connectivity index (χ0n) is 7.14. The van der Waals surface area contributed by atoms with Crippen LogP contribution in [-0.2, 0) is 0 Å². The van der Waals surface area contributed by atoms with E-state index < -0.39 is 0 Å². The summed E-state index contributed by atoms with van der Waals surface area (Å²) in [6.45, 7) is 1.79. The molecular weight excluding hydrogens is 233 g/mol. The van der Waals surface area contributed by atoms with E-state index in [1.807, 2.05) is 0 Å². The first-order chi connectivity index (χ1) is 6.15. The second-order valence-corrected chi connectivity index (χ2v) is 3.48. The van der Waals surface area contributed by atoms with Crippen molar-refractivity contribution in [1.82, 2.24) is 0 Å². The fraction of sp³-hybridized carbons (Fsp3) is 0.200. The standard InChI is InChI=1S/C10H9BrFN/c1-3-7(2)13-10-8(11)5-4-6-9(10)12/h1,4-7,13H,2H3. The lowest BCUT2D eigenvalue weighted by atomic mass is 10.2. The predicted octanol–water partition coefficient (Wildman–Crippen LogP) is 3.02. The van der Waals surface area contributed by atoms with E-state index in [2.05, 4.69) is 27.2 Å². The van der Waals surface area contributed by atoms with Gasteiger partial charge in [0.15, 0.2) is 0 Å². The van der Waals surface area contributed by atoms with Crippen LogP contribution in [0.3, 0.4) is 0 Å². The van der Waals surface area contributed by atoms with E-state index in [0.717, 1.165) is 0 Å². The van der Waals surface area contributed by atoms with E-state index in [1.54, 1.807) is 19.1 Å². The van der Waals surface area contributed by atoms with Gasteiger partial charge in [-0.15, -0.1) is 6.42 Å². The SMILES string of the molecule is C#CC(C)Nc1c(F)cccc1Br. The summed E-state index contributed by atoms with van der Waals surface area (Å²) in [6.07, 6.45) is 5.17. The minimum atomic E-state index is -0.309. The predicted molar refractivity (Wildman–Crippen MR) is 56.0 cm³/mol. The average Bonchev–Trinajstić information content (AvgIpc) is 2.11. The van der Waals surface area contributed by atoms with E-state index in [0.29, 0.717) is 10.2 Å². The maximum atomic E-state index is 13.2. The fourth-order valence-electron chi connectivity index (χ4n) is 0.894. The molecule has 0 saturated heterocycles. The minimum Gasteiger partial charge on any atom is -0.369 e. The number of halogens is 2. The van der Waals surface area contributed by atoms with Crippen molar-refractivity contribution >= 4 is 21.6 Å². The van der Waals surface area contributed by atoms with Gasteiger partial charge in [-0.2, -0.15) is 0 Å². The van der Waals surface area contributed by atoms with Crippen molar-refractivity contribution < 1.29 is 4.39 Å². The Morgan fingerprint density at radius 2 is 2.31 bits per heavy atom. The third kappa shape index (κ3) is 2.46. The summed E-state index contributed by atoms with van der Waals surface area (Å²) in [5.74, 6) is 2.16. The molecule has 0 aliphatic carbocycles. The molecule has 0 aliphatic heterocycles. The molecular formula is C10H9BrFN. The second kappa shape index (κ2) is 4.29. The number of rotatable bonds is 2. The Bertz CT molecular complexity index is 323. The molecule has 0 fully saturated rings.